The Kier molecular flexibility index (Phi) is 6.94. The Morgan fingerprint density at radius 2 is 1.60 bits per heavy atom. The summed E-state index contributed by atoms with van der Waals surface area (Å²) in [4.78, 5) is 0. The van der Waals surface area contributed by atoms with Crippen molar-refractivity contribution in [1.29, 1.82) is 0 Å². The van der Waals surface area contributed by atoms with E-state index in [9.17, 15) is 0 Å². The van der Waals surface area contributed by atoms with Gasteiger partial charge in [-0.1, -0.05) is 33.9 Å². The summed E-state index contributed by atoms with van der Waals surface area (Å²) in [5, 5.41) is 0.428. The molecule has 60 valence electrons. The molecule has 0 aromatic heterocycles. The van der Waals surface area contributed by atoms with Crippen LogP contribution in [0.15, 0.2) is 0 Å². The number of hydrogen-bond donors (Lipinski definition) is 0. The maximum Gasteiger partial charge on any atom is 2.00 e. The topological polar surface area (TPSA) is 0 Å². The van der Waals surface area contributed by atoms with Crippen LogP contribution in [-0.4, -0.2) is 36.8 Å². The maximum absolute atomic E-state index is 6.15. The van der Waals surface area contributed by atoms with Crippen molar-refractivity contribution in [2.45, 2.75) is 38.9 Å². The first-order valence-electron chi connectivity index (χ1n) is 3.49. The van der Waals surface area contributed by atoms with Gasteiger partial charge >= 0.3 is 23.1 Å². The predicted molar refractivity (Wildman–Crippen MR) is 56.0 cm³/mol. The molecule has 1 unspecified atom stereocenters. The van der Waals surface area contributed by atoms with Crippen molar-refractivity contribution in [3.8, 4) is 0 Å². The summed E-state index contributed by atoms with van der Waals surface area (Å²) < 4.78 is 0. The molecule has 0 saturated heterocycles. The number of rotatable bonds is 1. The van der Waals surface area contributed by atoms with Gasteiger partial charge in [0.1, 0.15) is 0 Å². The van der Waals surface area contributed by atoms with Gasteiger partial charge in [-0.2, -0.15) is 0 Å². The van der Waals surface area contributed by atoms with Crippen LogP contribution >= 0.6 is 11.6 Å². The van der Waals surface area contributed by atoms with E-state index >= 15 is 0 Å². The van der Waals surface area contributed by atoms with E-state index in [0.717, 1.165) is 0 Å². The van der Waals surface area contributed by atoms with Gasteiger partial charge in [0.25, 0.3) is 0 Å². The second kappa shape index (κ2) is 5.01. The van der Waals surface area contributed by atoms with Crippen LogP contribution in [0, 0.1) is 5.41 Å². The van der Waals surface area contributed by atoms with Crippen molar-refractivity contribution in [2.75, 3.05) is 0 Å². The zero-order valence-corrected chi connectivity index (χ0v) is 11.1. The molecular weight excluding hydrogens is 172 g/mol. The van der Waals surface area contributed by atoms with Crippen LogP contribution in [0.2, 0.25) is 13.1 Å². The average Bonchev–Trinajstić information content (AvgIpc) is 1.62. The van der Waals surface area contributed by atoms with Gasteiger partial charge in [-0.25, -0.2) is 0 Å². The monoisotopic (exact) mass is 190 g/mol. The van der Waals surface area contributed by atoms with E-state index in [-0.39, 0.29) is 25.9 Å². The van der Waals surface area contributed by atoms with Crippen LogP contribution in [-0.2, 0) is 0 Å². The number of halogens is 1. The summed E-state index contributed by atoms with van der Waals surface area (Å²) in [5.74, 6) is 0. The van der Waals surface area contributed by atoms with E-state index in [1.807, 2.05) is 0 Å². The smallest absolute Gasteiger partial charge is 1.00 e. The van der Waals surface area contributed by atoms with E-state index in [0.29, 0.717) is 10.4 Å². The van der Waals surface area contributed by atoms with Crippen LogP contribution in [0.4, 0.5) is 0 Å². The molecule has 0 bridgehead atoms. The van der Waals surface area contributed by atoms with Crippen molar-refractivity contribution in [1.82, 2.24) is 0 Å². The first-order chi connectivity index (χ1) is 3.85. The fourth-order valence-electron chi connectivity index (χ4n) is 1.00. The Morgan fingerprint density at radius 1 is 1.30 bits per heavy atom. The van der Waals surface area contributed by atoms with Crippen molar-refractivity contribution >= 4 is 43.5 Å². The molecule has 0 aliphatic carbocycles. The molecule has 0 spiro atoms. The molecule has 0 rings (SSSR count). The number of hydrogen-bond acceptors (Lipinski definition) is 0. The summed E-state index contributed by atoms with van der Waals surface area (Å²) in [6.07, 6.45) is 0. The van der Waals surface area contributed by atoms with E-state index in [2.05, 4.69) is 33.9 Å². The first-order valence-corrected chi connectivity index (χ1v) is 6.91. The SMILES string of the molecule is C[SiH](C)C(Cl)C(C)(C)C.[H-].[H-].[Mg+2]. The van der Waals surface area contributed by atoms with Gasteiger partial charge in [0.2, 0.25) is 0 Å². The van der Waals surface area contributed by atoms with Gasteiger partial charge in [-0.05, 0) is 5.41 Å². The molecule has 0 radical (unpaired) electrons. The van der Waals surface area contributed by atoms with E-state index < -0.39 is 8.80 Å². The second-order valence-corrected chi connectivity index (χ2v) is 8.06. The van der Waals surface area contributed by atoms with Crippen molar-refractivity contribution in [3.05, 3.63) is 0 Å². The summed E-state index contributed by atoms with van der Waals surface area (Å²) in [6.45, 7) is 11.2. The maximum atomic E-state index is 6.15. The molecule has 0 aliphatic heterocycles. The van der Waals surface area contributed by atoms with Gasteiger partial charge in [0.05, 0.1) is 8.80 Å². The predicted octanol–water partition coefficient (Wildman–Crippen LogP) is 2.51. The van der Waals surface area contributed by atoms with E-state index in [1.165, 1.54) is 0 Å². The van der Waals surface area contributed by atoms with E-state index in [4.69, 9.17) is 11.6 Å². The third kappa shape index (κ3) is 4.99. The summed E-state index contributed by atoms with van der Waals surface area (Å²) in [5.41, 5.74) is 0.307. The van der Waals surface area contributed by atoms with Crippen molar-refractivity contribution in [3.63, 3.8) is 0 Å². The van der Waals surface area contributed by atoms with Gasteiger partial charge in [0.15, 0.2) is 0 Å². The minimum absolute atomic E-state index is 0. The van der Waals surface area contributed by atoms with Gasteiger partial charge < -0.3 is 2.85 Å². The van der Waals surface area contributed by atoms with Gasteiger partial charge in [0, 0.05) is 5.00 Å². The quantitative estimate of drug-likeness (QED) is 0.441. The van der Waals surface area contributed by atoms with Crippen LogP contribution in [0.3, 0.4) is 0 Å². The third-order valence-corrected chi connectivity index (χ3v) is 5.75. The normalized spacial score (nSPS) is 14.7. The molecule has 0 aromatic rings. The van der Waals surface area contributed by atoms with Crippen LogP contribution < -0.4 is 0 Å². The minimum Gasteiger partial charge on any atom is -1.00 e. The molecule has 0 nitrogen and oxygen atoms in total. The zero-order chi connectivity index (χ0) is 7.65. The van der Waals surface area contributed by atoms with Crippen LogP contribution in [0.1, 0.15) is 23.6 Å². The molecule has 1 atom stereocenters. The Labute approximate surface area is 90.4 Å². The van der Waals surface area contributed by atoms with Crippen LogP contribution in [0.25, 0.3) is 0 Å². The largest absolute Gasteiger partial charge is 2.00 e. The Morgan fingerprint density at radius 3 is 1.60 bits per heavy atom. The molecular formula is C7H19ClMgSi. The molecule has 10 heavy (non-hydrogen) atoms. The second-order valence-electron chi connectivity index (χ2n) is 4.01. The molecule has 0 amide bonds. The zero-order valence-electron chi connectivity index (χ0n) is 9.74. The first kappa shape index (κ1) is 13.8. The average molecular weight is 191 g/mol. The number of alkyl halides is 1. The minimum atomic E-state index is -0.624. The molecule has 3 heteroatoms. The molecule has 0 heterocycles. The van der Waals surface area contributed by atoms with Gasteiger partial charge in [-0.15, -0.1) is 11.6 Å². The third-order valence-electron chi connectivity index (χ3n) is 1.41. The van der Waals surface area contributed by atoms with Crippen molar-refractivity contribution < 1.29 is 2.85 Å². The molecule has 0 aromatic carbocycles. The fourth-order valence-corrected chi connectivity index (χ4v) is 3.00. The fraction of sp³-hybridized carbons (Fsp3) is 1.00. The molecule has 0 N–H and O–H groups in total. The Hall–Kier alpha value is 1.27. The summed E-state index contributed by atoms with van der Waals surface area (Å²) in [7, 11) is -0.624. The molecule has 0 fully saturated rings. The van der Waals surface area contributed by atoms with Crippen LogP contribution in [0.5, 0.6) is 0 Å². The standard InChI is InChI=1S/C7H17ClSi.Mg.2H/c1-7(2,3)6(8)9(4)5;;;/h6,9H,1-5H3;;;/q;+2;2*-1. The van der Waals surface area contributed by atoms with Gasteiger partial charge in [-0.3, -0.25) is 0 Å². The van der Waals surface area contributed by atoms with Crippen molar-refractivity contribution in [2.24, 2.45) is 5.41 Å². The van der Waals surface area contributed by atoms with E-state index in [1.54, 1.807) is 0 Å². The molecule has 0 aliphatic rings. The Bertz CT molecular complexity index is 95.9. The molecule has 0 saturated carbocycles. The summed E-state index contributed by atoms with van der Waals surface area (Å²) in [6, 6.07) is 0. The summed E-state index contributed by atoms with van der Waals surface area (Å²) >= 11 is 6.15. The Balaban J connectivity index is -0.000000107.